The topological polar surface area (TPSA) is 93.4 Å². The minimum atomic E-state index is -3.62. The van der Waals surface area contributed by atoms with E-state index < -0.39 is 20.0 Å². The molecule has 2 heterocycles. The zero-order chi connectivity index (χ0) is 22.2. The van der Waals surface area contributed by atoms with Crippen LogP contribution < -0.4 is 4.90 Å². The molecule has 3 aromatic rings. The molecule has 7 nitrogen and oxygen atoms in total. The lowest BCUT2D eigenvalue weighted by Crippen LogP contribution is -2.39. The Morgan fingerprint density at radius 1 is 1.13 bits per heavy atom. The molecule has 31 heavy (non-hydrogen) atoms. The number of rotatable bonds is 5. The lowest BCUT2D eigenvalue weighted by Gasteiger charge is -2.31. The molecule has 1 fully saturated rings. The van der Waals surface area contributed by atoms with Gasteiger partial charge in [0.25, 0.3) is 5.69 Å². The maximum atomic E-state index is 13.0. The van der Waals surface area contributed by atoms with Crippen LogP contribution in [0.4, 0.5) is 10.8 Å². The van der Waals surface area contributed by atoms with Crippen molar-refractivity contribution in [3.63, 3.8) is 0 Å². The molecule has 0 unspecified atom stereocenters. The number of anilines is 1. The fourth-order valence-electron chi connectivity index (χ4n) is 3.87. The van der Waals surface area contributed by atoms with Gasteiger partial charge >= 0.3 is 0 Å². The average Bonchev–Trinajstić information content (AvgIpc) is 3.25. The number of non-ortho nitro benzene ring substituents is 1. The molecule has 2 aromatic carbocycles. The minimum absolute atomic E-state index is 0.0200. The second-order valence-electron chi connectivity index (χ2n) is 7.82. The molecule has 162 valence electrons. The first kappa shape index (κ1) is 21.5. The highest BCUT2D eigenvalue weighted by atomic mass is 32.2. The Morgan fingerprint density at radius 2 is 1.87 bits per heavy atom. The lowest BCUT2D eigenvalue weighted by molar-refractivity contribution is -0.385. The lowest BCUT2D eigenvalue weighted by atomic mass is 10.0. The van der Waals surface area contributed by atoms with Crippen molar-refractivity contribution < 1.29 is 13.3 Å². The first-order valence-electron chi connectivity index (χ1n) is 10.0. The van der Waals surface area contributed by atoms with Crippen molar-refractivity contribution in [1.82, 2.24) is 4.98 Å². The van der Waals surface area contributed by atoms with Crippen molar-refractivity contribution in [2.45, 2.75) is 36.8 Å². The van der Waals surface area contributed by atoms with Crippen LogP contribution in [0.25, 0.3) is 11.3 Å². The molecular weight excluding hydrogens is 434 g/mol. The normalized spacial score (nSPS) is 15.2. The van der Waals surface area contributed by atoms with Crippen molar-refractivity contribution in [3.05, 3.63) is 69.1 Å². The van der Waals surface area contributed by atoms with Crippen molar-refractivity contribution >= 4 is 32.0 Å². The summed E-state index contributed by atoms with van der Waals surface area (Å²) >= 11 is 1.57. The number of aromatic nitrogens is 1. The zero-order valence-electron chi connectivity index (χ0n) is 17.3. The molecule has 1 aliphatic heterocycles. The van der Waals surface area contributed by atoms with Crippen molar-refractivity contribution in [1.29, 1.82) is 0 Å². The molecule has 1 saturated heterocycles. The molecule has 0 amide bonds. The van der Waals surface area contributed by atoms with Crippen LogP contribution in [0, 0.1) is 24.0 Å². The van der Waals surface area contributed by atoms with Crippen LogP contribution in [-0.2, 0) is 9.84 Å². The fourth-order valence-corrected chi connectivity index (χ4v) is 6.52. The highest BCUT2D eigenvalue weighted by Gasteiger charge is 2.33. The summed E-state index contributed by atoms with van der Waals surface area (Å²) < 4.78 is 26.0. The number of hydrogen-bond donors (Lipinski definition) is 0. The van der Waals surface area contributed by atoms with Gasteiger partial charge in [0.2, 0.25) is 0 Å². The van der Waals surface area contributed by atoms with Gasteiger partial charge in [-0.3, -0.25) is 10.1 Å². The molecule has 1 aromatic heterocycles. The van der Waals surface area contributed by atoms with Crippen LogP contribution in [0.15, 0.2) is 52.7 Å². The van der Waals surface area contributed by atoms with E-state index in [9.17, 15) is 18.5 Å². The van der Waals surface area contributed by atoms with Gasteiger partial charge in [0.15, 0.2) is 15.0 Å². The Labute approximate surface area is 185 Å². The molecule has 1 aliphatic rings. The Bertz CT molecular complexity index is 1230. The first-order chi connectivity index (χ1) is 14.8. The predicted molar refractivity (Wildman–Crippen MR) is 123 cm³/mol. The number of benzene rings is 2. The third kappa shape index (κ3) is 4.33. The molecule has 0 bridgehead atoms. The van der Waals surface area contributed by atoms with Gasteiger partial charge in [0.1, 0.15) is 0 Å². The second-order valence-corrected chi connectivity index (χ2v) is 10.9. The molecule has 0 N–H and O–H groups in total. The summed E-state index contributed by atoms with van der Waals surface area (Å²) in [5, 5.41) is 13.4. The summed E-state index contributed by atoms with van der Waals surface area (Å²) in [6.07, 6.45) is 0.923. The van der Waals surface area contributed by atoms with Crippen molar-refractivity contribution in [2.24, 2.45) is 0 Å². The largest absolute Gasteiger partial charge is 0.348 e. The molecule has 0 spiro atoms. The second kappa shape index (κ2) is 8.39. The molecule has 0 radical (unpaired) electrons. The van der Waals surface area contributed by atoms with Crippen LogP contribution >= 0.6 is 11.3 Å². The van der Waals surface area contributed by atoms with E-state index in [0.29, 0.717) is 25.9 Å². The van der Waals surface area contributed by atoms with Gasteiger partial charge in [-0.1, -0.05) is 23.8 Å². The van der Waals surface area contributed by atoms with E-state index >= 15 is 0 Å². The summed E-state index contributed by atoms with van der Waals surface area (Å²) in [6, 6.07) is 11.6. The van der Waals surface area contributed by atoms with E-state index in [-0.39, 0.29) is 10.6 Å². The number of aryl methyl sites for hydroxylation is 2. The molecular formula is C22H23N3O4S2. The van der Waals surface area contributed by atoms with Crippen molar-refractivity contribution in [3.8, 4) is 11.3 Å². The quantitative estimate of drug-likeness (QED) is 0.404. The van der Waals surface area contributed by atoms with E-state index in [4.69, 9.17) is 4.98 Å². The first-order valence-corrected chi connectivity index (χ1v) is 12.4. The van der Waals surface area contributed by atoms with E-state index in [1.165, 1.54) is 29.3 Å². The van der Waals surface area contributed by atoms with Crippen LogP contribution in [0.3, 0.4) is 0 Å². The van der Waals surface area contributed by atoms with Crippen LogP contribution in [0.2, 0.25) is 0 Å². The van der Waals surface area contributed by atoms with Gasteiger partial charge in [0.05, 0.1) is 20.8 Å². The van der Waals surface area contributed by atoms with Gasteiger partial charge in [-0.25, -0.2) is 13.4 Å². The highest BCUT2D eigenvalue weighted by Crippen LogP contribution is 2.33. The Morgan fingerprint density at radius 3 is 2.58 bits per heavy atom. The van der Waals surface area contributed by atoms with Gasteiger partial charge in [-0.15, -0.1) is 11.3 Å². The van der Waals surface area contributed by atoms with Crippen molar-refractivity contribution in [2.75, 3.05) is 18.0 Å². The zero-order valence-corrected chi connectivity index (χ0v) is 18.9. The fraction of sp³-hybridized carbons (Fsp3) is 0.318. The molecule has 9 heteroatoms. The predicted octanol–water partition coefficient (Wildman–Crippen LogP) is 4.78. The van der Waals surface area contributed by atoms with Gasteiger partial charge < -0.3 is 4.90 Å². The standard InChI is InChI=1S/C22H23N3O4S2/c1-15-6-7-16(2)20(12-15)21-14-30-22(23-21)24-10-8-18(9-11-24)31(28,29)19-5-3-4-17(13-19)25(26)27/h3-7,12-14,18H,8-11H2,1-2H3. The Kier molecular flexibility index (Phi) is 5.81. The van der Waals surface area contributed by atoms with E-state index in [1.807, 2.05) is 5.38 Å². The number of piperidine rings is 1. The minimum Gasteiger partial charge on any atom is -0.348 e. The number of nitrogens with zero attached hydrogens (tertiary/aromatic N) is 3. The van der Waals surface area contributed by atoms with Crippen LogP contribution in [0.5, 0.6) is 0 Å². The SMILES string of the molecule is Cc1ccc(C)c(-c2csc(N3CCC(S(=O)(=O)c4cccc([N+](=O)[O-])c4)CC3)n2)c1. The van der Waals surface area contributed by atoms with Gasteiger partial charge in [-0.05, 0) is 44.4 Å². The maximum Gasteiger partial charge on any atom is 0.270 e. The Hall–Kier alpha value is -2.78. The molecule has 0 saturated carbocycles. The van der Waals surface area contributed by atoms with Crippen LogP contribution in [0.1, 0.15) is 24.0 Å². The van der Waals surface area contributed by atoms with E-state index in [2.05, 4.69) is 36.9 Å². The molecule has 0 atom stereocenters. The van der Waals surface area contributed by atoms with Gasteiger partial charge in [-0.2, -0.15) is 0 Å². The average molecular weight is 458 g/mol. The number of nitro benzene ring substituents is 1. The number of hydrogen-bond acceptors (Lipinski definition) is 7. The highest BCUT2D eigenvalue weighted by molar-refractivity contribution is 7.92. The molecule has 0 aliphatic carbocycles. The smallest absolute Gasteiger partial charge is 0.270 e. The monoisotopic (exact) mass is 457 g/mol. The number of sulfone groups is 1. The summed E-state index contributed by atoms with van der Waals surface area (Å²) in [4.78, 5) is 17.4. The summed E-state index contributed by atoms with van der Waals surface area (Å²) in [5.41, 5.74) is 4.20. The van der Waals surface area contributed by atoms with Crippen LogP contribution in [-0.4, -0.2) is 36.7 Å². The number of thiazole rings is 1. The maximum absolute atomic E-state index is 13.0. The Balaban J connectivity index is 1.48. The van der Waals surface area contributed by atoms with Gasteiger partial charge in [0, 0.05) is 36.2 Å². The third-order valence-corrected chi connectivity index (χ3v) is 8.83. The summed E-state index contributed by atoms with van der Waals surface area (Å²) in [6.45, 7) is 5.29. The summed E-state index contributed by atoms with van der Waals surface area (Å²) in [5.74, 6) is 0. The summed E-state index contributed by atoms with van der Waals surface area (Å²) in [7, 11) is -3.62. The third-order valence-electron chi connectivity index (χ3n) is 5.67. The molecule has 4 rings (SSSR count). The van der Waals surface area contributed by atoms with E-state index in [1.54, 1.807) is 11.3 Å². The number of nitro groups is 1. The van der Waals surface area contributed by atoms with E-state index in [0.717, 1.165) is 22.5 Å².